The highest BCUT2D eigenvalue weighted by Crippen LogP contribution is 2.47. The number of hydrogen-bond acceptors (Lipinski definition) is 4. The van der Waals surface area contributed by atoms with E-state index in [1.54, 1.807) is 6.07 Å². The van der Waals surface area contributed by atoms with Crippen LogP contribution in [0, 0.1) is 0 Å². The molecule has 1 aromatic carbocycles. The topological polar surface area (TPSA) is 61.6 Å². The van der Waals surface area contributed by atoms with Crippen molar-refractivity contribution in [3.8, 4) is 11.5 Å². The number of rotatable bonds is 2. The van der Waals surface area contributed by atoms with E-state index in [4.69, 9.17) is 26.8 Å². The summed E-state index contributed by atoms with van der Waals surface area (Å²) in [6.45, 7) is 0.890. The fourth-order valence-electron chi connectivity index (χ4n) is 3.13. The first kappa shape index (κ1) is 13.7. The molecule has 108 valence electrons. The van der Waals surface area contributed by atoms with Gasteiger partial charge in [-0.3, -0.25) is 4.79 Å². The van der Waals surface area contributed by atoms with E-state index < -0.39 is 5.54 Å². The number of benzene rings is 1. The lowest BCUT2D eigenvalue weighted by Gasteiger charge is -2.36. The summed E-state index contributed by atoms with van der Waals surface area (Å²) in [6.07, 6.45) is 5.92. The van der Waals surface area contributed by atoms with Crippen molar-refractivity contribution >= 4 is 17.9 Å². The van der Waals surface area contributed by atoms with Gasteiger partial charge in [0.25, 0.3) is 0 Å². The van der Waals surface area contributed by atoms with E-state index in [1.807, 2.05) is 0 Å². The first-order valence-electron chi connectivity index (χ1n) is 7.02. The number of carbonyl (C=O) groups excluding carboxylic acids is 1. The Morgan fingerprint density at radius 3 is 2.45 bits per heavy atom. The van der Waals surface area contributed by atoms with E-state index in [9.17, 15) is 4.79 Å². The molecular formula is C15H18ClNO3. The second-order valence-corrected chi connectivity index (χ2v) is 5.92. The van der Waals surface area contributed by atoms with Gasteiger partial charge in [-0.1, -0.05) is 30.9 Å². The van der Waals surface area contributed by atoms with Gasteiger partial charge in [-0.25, -0.2) is 0 Å². The smallest absolute Gasteiger partial charge is 0.173 e. The third-order valence-corrected chi connectivity index (χ3v) is 4.51. The molecule has 1 saturated carbocycles. The first-order valence-corrected chi connectivity index (χ1v) is 7.40. The van der Waals surface area contributed by atoms with Crippen molar-refractivity contribution in [3.05, 3.63) is 22.2 Å². The number of halogens is 1. The molecule has 0 aromatic heterocycles. The van der Waals surface area contributed by atoms with Crippen molar-refractivity contribution in [1.82, 2.24) is 0 Å². The van der Waals surface area contributed by atoms with Crippen LogP contribution in [0.5, 0.6) is 11.5 Å². The number of ether oxygens (including phenoxy) is 2. The maximum Gasteiger partial charge on any atom is 0.173 e. The van der Waals surface area contributed by atoms with Gasteiger partial charge in [0.05, 0.1) is 10.6 Å². The lowest BCUT2D eigenvalue weighted by molar-refractivity contribution is 0.111. The highest BCUT2D eigenvalue weighted by molar-refractivity contribution is 6.33. The van der Waals surface area contributed by atoms with Crippen molar-refractivity contribution in [2.45, 2.75) is 37.6 Å². The summed E-state index contributed by atoms with van der Waals surface area (Å²) in [4.78, 5) is 11.2. The minimum atomic E-state index is -0.436. The number of hydrogen-bond donors (Lipinski definition) is 1. The fraction of sp³-hybridized carbons (Fsp3) is 0.533. The van der Waals surface area contributed by atoms with Gasteiger partial charge in [-0.2, -0.15) is 0 Å². The van der Waals surface area contributed by atoms with E-state index in [0.29, 0.717) is 41.6 Å². The van der Waals surface area contributed by atoms with Crippen molar-refractivity contribution in [2.24, 2.45) is 5.73 Å². The second kappa shape index (κ2) is 5.26. The number of nitrogens with two attached hydrogens (primary N) is 1. The summed E-state index contributed by atoms with van der Waals surface area (Å²) in [5.41, 5.74) is 7.37. The van der Waals surface area contributed by atoms with Crippen LogP contribution in [0.25, 0.3) is 0 Å². The van der Waals surface area contributed by atoms with Gasteiger partial charge in [0.15, 0.2) is 17.8 Å². The molecule has 0 amide bonds. The molecule has 4 nitrogen and oxygen atoms in total. The Hall–Kier alpha value is -1.26. The Labute approximate surface area is 123 Å². The fourth-order valence-corrected chi connectivity index (χ4v) is 3.37. The Morgan fingerprint density at radius 1 is 1.15 bits per heavy atom. The molecular weight excluding hydrogens is 278 g/mol. The molecule has 5 heteroatoms. The zero-order chi connectivity index (χ0) is 14.2. The molecule has 0 bridgehead atoms. The van der Waals surface area contributed by atoms with Crippen LogP contribution in [0.2, 0.25) is 5.02 Å². The van der Waals surface area contributed by atoms with Crippen LogP contribution in [-0.4, -0.2) is 19.5 Å². The molecule has 0 atom stereocenters. The summed E-state index contributed by atoms with van der Waals surface area (Å²) in [7, 11) is 0. The molecule has 0 spiro atoms. The van der Waals surface area contributed by atoms with Crippen molar-refractivity contribution < 1.29 is 14.3 Å². The van der Waals surface area contributed by atoms with E-state index in [0.717, 1.165) is 31.2 Å². The van der Waals surface area contributed by atoms with Crippen LogP contribution >= 0.6 is 11.6 Å². The lowest BCUT2D eigenvalue weighted by Crippen LogP contribution is -2.39. The summed E-state index contributed by atoms with van der Waals surface area (Å²) >= 11 is 6.23. The average Bonchev–Trinajstić information content (AvgIpc) is 2.47. The summed E-state index contributed by atoms with van der Waals surface area (Å²) in [5.74, 6) is 1.05. The summed E-state index contributed by atoms with van der Waals surface area (Å²) in [6, 6.07) is 1.78. The molecule has 3 rings (SSSR count). The largest absolute Gasteiger partial charge is 0.486 e. The average molecular weight is 296 g/mol. The van der Waals surface area contributed by atoms with Crippen LogP contribution in [0.1, 0.15) is 48.0 Å². The molecule has 1 aromatic rings. The molecule has 2 aliphatic rings. The quantitative estimate of drug-likeness (QED) is 0.852. The van der Waals surface area contributed by atoms with Gasteiger partial charge in [0.1, 0.15) is 13.2 Å². The third kappa shape index (κ3) is 2.17. The highest BCUT2D eigenvalue weighted by Gasteiger charge is 2.36. The molecule has 1 fully saturated rings. The van der Waals surface area contributed by atoms with Crippen molar-refractivity contribution in [2.75, 3.05) is 13.2 Å². The van der Waals surface area contributed by atoms with Crippen LogP contribution < -0.4 is 15.2 Å². The molecule has 2 N–H and O–H groups in total. The number of aldehydes is 1. The Morgan fingerprint density at radius 2 is 1.80 bits per heavy atom. The van der Waals surface area contributed by atoms with Crippen molar-refractivity contribution in [1.29, 1.82) is 0 Å². The lowest BCUT2D eigenvalue weighted by atomic mass is 9.76. The SMILES string of the molecule is NC1(c2cc(Cl)c(C=O)c3c2OCCO3)CCCCC1. The third-order valence-electron chi connectivity index (χ3n) is 4.20. The molecule has 1 heterocycles. The van der Waals surface area contributed by atoms with Gasteiger partial charge < -0.3 is 15.2 Å². The van der Waals surface area contributed by atoms with Gasteiger partial charge >= 0.3 is 0 Å². The summed E-state index contributed by atoms with van der Waals surface area (Å²) in [5, 5.41) is 0.384. The van der Waals surface area contributed by atoms with E-state index in [-0.39, 0.29) is 0 Å². The predicted molar refractivity (Wildman–Crippen MR) is 76.8 cm³/mol. The first-order chi connectivity index (χ1) is 9.65. The van der Waals surface area contributed by atoms with E-state index >= 15 is 0 Å². The zero-order valence-corrected chi connectivity index (χ0v) is 12.0. The zero-order valence-electron chi connectivity index (χ0n) is 11.3. The van der Waals surface area contributed by atoms with Crippen LogP contribution in [-0.2, 0) is 5.54 Å². The van der Waals surface area contributed by atoms with Gasteiger partial charge in [0.2, 0.25) is 0 Å². The highest BCUT2D eigenvalue weighted by atomic mass is 35.5. The Bertz CT molecular complexity index is 538. The van der Waals surface area contributed by atoms with Gasteiger partial charge in [0, 0.05) is 11.1 Å². The Balaban J connectivity index is 2.15. The molecule has 0 saturated heterocycles. The van der Waals surface area contributed by atoms with Gasteiger partial charge in [-0.05, 0) is 18.9 Å². The molecule has 0 radical (unpaired) electrons. The normalized spacial score (nSPS) is 20.5. The van der Waals surface area contributed by atoms with Crippen LogP contribution in [0.4, 0.5) is 0 Å². The maximum atomic E-state index is 11.2. The minimum Gasteiger partial charge on any atom is -0.486 e. The molecule has 0 unspecified atom stereocenters. The second-order valence-electron chi connectivity index (χ2n) is 5.51. The maximum absolute atomic E-state index is 11.2. The molecule has 1 aliphatic carbocycles. The van der Waals surface area contributed by atoms with E-state index in [1.165, 1.54) is 6.42 Å². The summed E-state index contributed by atoms with van der Waals surface area (Å²) < 4.78 is 11.4. The predicted octanol–water partition coefficient (Wildman–Crippen LogP) is 3.04. The van der Waals surface area contributed by atoms with E-state index in [2.05, 4.69) is 0 Å². The van der Waals surface area contributed by atoms with Crippen LogP contribution in [0.15, 0.2) is 6.07 Å². The molecule has 20 heavy (non-hydrogen) atoms. The Kier molecular flexibility index (Phi) is 3.61. The van der Waals surface area contributed by atoms with Crippen LogP contribution in [0.3, 0.4) is 0 Å². The number of fused-ring (bicyclic) bond motifs is 1. The monoisotopic (exact) mass is 295 g/mol. The number of carbonyl (C=O) groups is 1. The van der Waals surface area contributed by atoms with Gasteiger partial charge in [-0.15, -0.1) is 0 Å². The van der Waals surface area contributed by atoms with Crippen molar-refractivity contribution in [3.63, 3.8) is 0 Å². The standard InChI is InChI=1S/C15H18ClNO3/c16-12-8-11(15(17)4-2-1-3-5-15)14-13(10(12)9-18)19-6-7-20-14/h8-9H,1-7,17H2. The minimum absolute atomic E-state index is 0.351. The molecule has 1 aliphatic heterocycles.